The van der Waals surface area contributed by atoms with E-state index in [1.54, 1.807) is 6.07 Å². The van der Waals surface area contributed by atoms with Crippen LogP contribution in [0.2, 0.25) is 0 Å². The molecule has 42 heavy (non-hydrogen) atoms. The molecule has 1 N–H and O–H groups in total. The summed E-state index contributed by atoms with van der Waals surface area (Å²) in [5.74, 6) is -3.39. The van der Waals surface area contributed by atoms with Crippen molar-refractivity contribution in [2.45, 2.75) is 29.1 Å². The number of amides is 3. The number of halogens is 3. The van der Waals surface area contributed by atoms with E-state index in [-0.39, 0.29) is 6.42 Å². The molecule has 4 aromatic carbocycles. The number of nitrogens with zero attached hydrogens (tertiary/aromatic N) is 1. The Labute approximate surface area is 262 Å². The normalized spacial score (nSPS) is 26.0. The van der Waals surface area contributed by atoms with Crippen molar-refractivity contribution in [3.05, 3.63) is 135 Å². The van der Waals surface area contributed by atoms with Gasteiger partial charge in [-0.3, -0.25) is 19.3 Å². The summed E-state index contributed by atoms with van der Waals surface area (Å²) in [4.78, 5) is 41.8. The van der Waals surface area contributed by atoms with Crippen molar-refractivity contribution < 1.29 is 14.4 Å². The first kappa shape index (κ1) is 27.4. The lowest BCUT2D eigenvalue weighted by molar-refractivity contribution is -0.146. The Morgan fingerprint density at radius 1 is 0.810 bits per heavy atom. The van der Waals surface area contributed by atoms with Crippen LogP contribution in [0.4, 0.5) is 5.69 Å². The molecule has 2 bridgehead atoms. The van der Waals surface area contributed by atoms with Crippen molar-refractivity contribution in [2.24, 2.45) is 11.8 Å². The molecule has 3 amide bonds. The smallest absolute Gasteiger partial charge is 0.248 e. The molecule has 0 spiro atoms. The van der Waals surface area contributed by atoms with E-state index in [0.717, 1.165) is 42.8 Å². The molecule has 0 saturated carbocycles. The molecule has 4 aromatic rings. The number of carbonyl (C=O) groups excluding carboxylic acids is 3. The summed E-state index contributed by atoms with van der Waals surface area (Å²) >= 11 is 18.6. The van der Waals surface area contributed by atoms with Crippen molar-refractivity contribution in [1.82, 2.24) is 4.90 Å². The SMILES string of the molecule is Cc1cc(Br)ccc1NC(=O)[C@H](Cc1ccccc1)N1C(=O)[C@@H]2[C@H](C1=O)C1(Cl)c3ccccc3C2(Cl)c2ccccc21. The molecule has 210 valence electrons. The molecule has 1 saturated heterocycles. The van der Waals surface area contributed by atoms with E-state index < -0.39 is 45.3 Å². The Balaban J connectivity index is 1.36. The highest BCUT2D eigenvalue weighted by atomic mass is 79.9. The van der Waals surface area contributed by atoms with E-state index >= 15 is 0 Å². The molecule has 0 radical (unpaired) electrons. The van der Waals surface area contributed by atoms with Crippen LogP contribution < -0.4 is 5.32 Å². The van der Waals surface area contributed by atoms with Crippen LogP contribution in [0.15, 0.2) is 102 Å². The number of rotatable bonds is 5. The Morgan fingerprint density at radius 2 is 1.29 bits per heavy atom. The van der Waals surface area contributed by atoms with Gasteiger partial charge >= 0.3 is 0 Å². The summed E-state index contributed by atoms with van der Waals surface area (Å²) in [6.07, 6.45) is 0.142. The van der Waals surface area contributed by atoms with Gasteiger partial charge in [0.15, 0.2) is 0 Å². The van der Waals surface area contributed by atoms with E-state index in [9.17, 15) is 14.4 Å². The van der Waals surface area contributed by atoms with Crippen LogP contribution in [0.5, 0.6) is 0 Å². The summed E-state index contributed by atoms with van der Waals surface area (Å²) < 4.78 is 0.877. The number of hydrogen-bond acceptors (Lipinski definition) is 3. The van der Waals surface area contributed by atoms with Crippen molar-refractivity contribution in [3.8, 4) is 0 Å². The number of nitrogens with one attached hydrogen (secondary N) is 1. The number of imide groups is 1. The first-order valence-corrected chi connectivity index (χ1v) is 15.3. The first-order chi connectivity index (χ1) is 20.2. The lowest BCUT2D eigenvalue weighted by Gasteiger charge is -2.54. The number of likely N-dealkylation sites (tertiary alicyclic amines) is 1. The predicted octanol–water partition coefficient (Wildman–Crippen LogP) is 6.90. The standard InChI is InChI=1S/C34H25BrCl2N2O3/c1-19-17-21(35)15-16-26(19)38-30(40)27(18-20-9-3-2-4-10-20)39-31(41)28-29(32(39)42)34(37)23-12-6-5-11-22(23)33(28,36)24-13-7-8-14-25(24)34/h2-17,27-29H,18H2,1H3,(H,38,40)/t27-,28-,29+,33?,34?/m0/s1. The summed E-state index contributed by atoms with van der Waals surface area (Å²) in [7, 11) is 0. The Morgan fingerprint density at radius 3 is 1.76 bits per heavy atom. The first-order valence-electron chi connectivity index (χ1n) is 13.7. The van der Waals surface area contributed by atoms with E-state index in [1.807, 2.05) is 97.9 Å². The number of hydrogen-bond donors (Lipinski definition) is 1. The van der Waals surface area contributed by atoms with E-state index in [2.05, 4.69) is 21.2 Å². The van der Waals surface area contributed by atoms with Crippen LogP contribution in [0, 0.1) is 18.8 Å². The Bertz CT molecular complexity index is 1670. The van der Waals surface area contributed by atoms with E-state index in [0.29, 0.717) is 5.69 Å². The fourth-order valence-corrected chi connectivity index (χ4v) is 8.69. The van der Waals surface area contributed by atoms with Gasteiger partial charge in [0.25, 0.3) is 0 Å². The molecule has 5 nitrogen and oxygen atoms in total. The number of anilines is 1. The second-order valence-corrected chi connectivity index (χ2v) is 13.3. The van der Waals surface area contributed by atoms with Gasteiger partial charge < -0.3 is 5.32 Å². The zero-order valence-electron chi connectivity index (χ0n) is 22.5. The topological polar surface area (TPSA) is 66.5 Å². The minimum atomic E-state index is -1.31. The predicted molar refractivity (Wildman–Crippen MR) is 166 cm³/mol. The highest BCUT2D eigenvalue weighted by Gasteiger charge is 2.73. The van der Waals surface area contributed by atoms with Gasteiger partial charge in [-0.25, -0.2) is 0 Å². The van der Waals surface area contributed by atoms with Gasteiger partial charge in [0.1, 0.15) is 15.8 Å². The van der Waals surface area contributed by atoms with Gasteiger partial charge in [0.2, 0.25) is 17.7 Å². The number of alkyl halides is 2. The Kier molecular flexibility index (Phi) is 6.39. The minimum Gasteiger partial charge on any atom is -0.324 e. The third-order valence-electron chi connectivity index (χ3n) is 8.95. The van der Waals surface area contributed by atoms with Gasteiger partial charge in [-0.2, -0.15) is 0 Å². The molecule has 0 unspecified atom stereocenters. The van der Waals surface area contributed by atoms with Gasteiger partial charge in [-0.15, -0.1) is 23.2 Å². The number of benzene rings is 4. The second kappa shape index (κ2) is 9.80. The lowest BCUT2D eigenvalue weighted by Crippen LogP contribution is -2.57. The highest BCUT2D eigenvalue weighted by molar-refractivity contribution is 9.10. The van der Waals surface area contributed by atoms with Crippen LogP contribution in [0.3, 0.4) is 0 Å². The minimum absolute atomic E-state index is 0.142. The third kappa shape index (κ3) is 3.71. The van der Waals surface area contributed by atoms with Gasteiger partial charge in [-0.1, -0.05) is 94.8 Å². The van der Waals surface area contributed by atoms with Crippen LogP contribution >= 0.6 is 39.1 Å². The van der Waals surface area contributed by atoms with Crippen molar-refractivity contribution in [2.75, 3.05) is 5.32 Å². The molecule has 8 heteroatoms. The molecule has 8 rings (SSSR count). The fourth-order valence-electron chi connectivity index (χ4n) is 7.12. The van der Waals surface area contributed by atoms with Crippen molar-refractivity contribution in [3.63, 3.8) is 0 Å². The average Bonchev–Trinajstić information content (AvgIpc) is 3.27. The van der Waals surface area contributed by atoms with E-state index in [1.165, 1.54) is 0 Å². The molecule has 3 aliphatic carbocycles. The van der Waals surface area contributed by atoms with Crippen LogP contribution in [0.25, 0.3) is 0 Å². The average molecular weight is 660 g/mol. The van der Waals surface area contributed by atoms with Crippen molar-refractivity contribution >= 4 is 62.5 Å². The maximum absolute atomic E-state index is 14.6. The molecule has 1 aliphatic heterocycles. The van der Waals surface area contributed by atoms with Crippen LogP contribution in [-0.2, 0) is 30.6 Å². The summed E-state index contributed by atoms with van der Waals surface area (Å²) in [6, 6.07) is 28.8. The highest BCUT2D eigenvalue weighted by Crippen LogP contribution is 2.69. The quantitative estimate of drug-likeness (QED) is 0.187. The monoisotopic (exact) mass is 658 g/mol. The zero-order valence-corrected chi connectivity index (χ0v) is 25.6. The van der Waals surface area contributed by atoms with Crippen LogP contribution in [0.1, 0.15) is 33.4 Å². The second-order valence-electron chi connectivity index (χ2n) is 11.2. The molecule has 4 aliphatic rings. The maximum atomic E-state index is 14.6. The molecule has 3 atom stereocenters. The third-order valence-corrected chi connectivity index (χ3v) is 10.7. The summed E-state index contributed by atoms with van der Waals surface area (Å²) in [6.45, 7) is 1.88. The molecule has 0 aromatic heterocycles. The summed E-state index contributed by atoms with van der Waals surface area (Å²) in [5, 5.41) is 2.98. The fraction of sp³-hybridized carbons (Fsp3) is 0.206. The molecule has 1 fully saturated rings. The van der Waals surface area contributed by atoms with Gasteiger partial charge in [0.05, 0.1) is 11.8 Å². The van der Waals surface area contributed by atoms with Gasteiger partial charge in [0, 0.05) is 16.6 Å². The lowest BCUT2D eigenvalue weighted by atomic mass is 9.54. The van der Waals surface area contributed by atoms with E-state index in [4.69, 9.17) is 23.2 Å². The zero-order chi connectivity index (χ0) is 29.4. The summed E-state index contributed by atoms with van der Waals surface area (Å²) in [5.41, 5.74) is 5.14. The maximum Gasteiger partial charge on any atom is 0.248 e. The molecular weight excluding hydrogens is 635 g/mol. The molecular formula is C34H25BrCl2N2O3. The molecule has 1 heterocycles. The number of aryl methyl sites for hydroxylation is 1. The van der Waals surface area contributed by atoms with Crippen molar-refractivity contribution in [1.29, 1.82) is 0 Å². The van der Waals surface area contributed by atoms with Gasteiger partial charge in [-0.05, 0) is 58.5 Å². The van der Waals surface area contributed by atoms with Crippen LogP contribution in [-0.4, -0.2) is 28.7 Å². The number of carbonyl (C=O) groups is 3. The largest absolute Gasteiger partial charge is 0.324 e. The Hall–Kier alpha value is -3.45.